The lowest BCUT2D eigenvalue weighted by Gasteiger charge is -2.07. The quantitative estimate of drug-likeness (QED) is 0.171. The van der Waals surface area contributed by atoms with Crippen LogP contribution in [0.1, 0.15) is 97.8 Å². The molecule has 0 aromatic carbocycles. The molecule has 24 heavy (non-hydrogen) atoms. The third-order valence-electron chi connectivity index (χ3n) is 3.91. The molecule has 0 N–H and O–H groups in total. The average molecular weight is 341 g/mol. The van der Waals surface area contributed by atoms with E-state index in [4.69, 9.17) is 9.47 Å². The first kappa shape index (κ1) is 23.0. The normalized spacial score (nSPS) is 11.3. The zero-order valence-electron chi connectivity index (χ0n) is 16.4. The number of hydrogen-bond donors (Lipinski definition) is 0. The second-order valence-corrected chi connectivity index (χ2v) is 7.03. The number of unbranched alkanes of at least 4 members (excludes halogenated alkanes) is 10. The summed E-state index contributed by atoms with van der Waals surface area (Å²) >= 11 is 0. The molecular weight excluding hydrogens is 300 g/mol. The van der Waals surface area contributed by atoms with Gasteiger partial charge in [-0.25, -0.2) is 4.79 Å². The van der Waals surface area contributed by atoms with Crippen molar-refractivity contribution >= 4 is 6.16 Å². The molecule has 0 rings (SSSR count). The molecule has 0 fully saturated rings. The van der Waals surface area contributed by atoms with Gasteiger partial charge in [0.05, 0.1) is 13.2 Å². The largest absolute Gasteiger partial charge is 0.508 e. The minimum Gasteiger partial charge on any atom is -0.434 e. The minimum atomic E-state index is -0.527. The Morgan fingerprint density at radius 1 is 0.792 bits per heavy atom. The molecule has 0 amide bonds. The Balaban J connectivity index is 3.19. The SMILES string of the molecule is CCCCCCCC/C=C/CCCCCCOC(=O)OCC(C)C. The molecule has 0 aromatic heterocycles. The summed E-state index contributed by atoms with van der Waals surface area (Å²) in [6, 6.07) is 0. The van der Waals surface area contributed by atoms with Gasteiger partial charge in [-0.3, -0.25) is 0 Å². The second kappa shape index (κ2) is 18.4. The first-order valence-electron chi connectivity index (χ1n) is 10.1. The van der Waals surface area contributed by atoms with Crippen molar-refractivity contribution < 1.29 is 14.3 Å². The Labute approximate surface area is 150 Å². The highest BCUT2D eigenvalue weighted by atomic mass is 16.7. The van der Waals surface area contributed by atoms with Crippen LogP contribution in [0, 0.1) is 5.92 Å². The summed E-state index contributed by atoms with van der Waals surface area (Å²) in [5.74, 6) is 0.353. The Morgan fingerprint density at radius 2 is 1.33 bits per heavy atom. The standard InChI is InChI=1S/C21H40O3/c1-4-5-6-7-8-9-10-11-12-13-14-15-16-17-18-23-21(22)24-19-20(2)3/h11-12,20H,4-10,13-19H2,1-3H3/b12-11+. The maximum absolute atomic E-state index is 11.2. The fourth-order valence-corrected chi connectivity index (χ4v) is 2.43. The fourth-order valence-electron chi connectivity index (χ4n) is 2.43. The van der Waals surface area contributed by atoms with E-state index in [-0.39, 0.29) is 0 Å². The predicted octanol–water partition coefficient (Wildman–Crippen LogP) is 7.05. The number of rotatable bonds is 16. The van der Waals surface area contributed by atoms with E-state index >= 15 is 0 Å². The number of ether oxygens (including phenoxy) is 2. The highest BCUT2D eigenvalue weighted by Crippen LogP contribution is 2.08. The van der Waals surface area contributed by atoms with Gasteiger partial charge >= 0.3 is 6.16 Å². The Bertz CT molecular complexity index is 297. The predicted molar refractivity (Wildman–Crippen MR) is 102 cm³/mol. The first-order valence-corrected chi connectivity index (χ1v) is 10.1. The molecule has 0 aliphatic rings. The second-order valence-electron chi connectivity index (χ2n) is 7.03. The molecule has 0 aromatic rings. The van der Waals surface area contributed by atoms with Crippen molar-refractivity contribution in [1.29, 1.82) is 0 Å². The molecule has 0 atom stereocenters. The summed E-state index contributed by atoms with van der Waals surface area (Å²) in [4.78, 5) is 11.2. The van der Waals surface area contributed by atoms with Gasteiger partial charge in [-0.05, 0) is 38.0 Å². The molecule has 0 saturated carbocycles. The molecule has 0 heterocycles. The van der Waals surface area contributed by atoms with Crippen molar-refractivity contribution in [2.24, 2.45) is 5.92 Å². The van der Waals surface area contributed by atoms with E-state index in [9.17, 15) is 4.79 Å². The number of allylic oxidation sites excluding steroid dienone is 2. The van der Waals surface area contributed by atoms with Crippen molar-refractivity contribution in [3.63, 3.8) is 0 Å². The monoisotopic (exact) mass is 340 g/mol. The van der Waals surface area contributed by atoms with E-state index in [2.05, 4.69) is 19.1 Å². The van der Waals surface area contributed by atoms with E-state index in [1.54, 1.807) is 0 Å². The lowest BCUT2D eigenvalue weighted by Crippen LogP contribution is -2.12. The van der Waals surface area contributed by atoms with Gasteiger partial charge in [0, 0.05) is 0 Å². The molecule has 0 unspecified atom stereocenters. The third-order valence-corrected chi connectivity index (χ3v) is 3.91. The van der Waals surface area contributed by atoms with E-state index in [1.807, 2.05) is 13.8 Å². The van der Waals surface area contributed by atoms with Crippen molar-refractivity contribution in [1.82, 2.24) is 0 Å². The zero-order valence-corrected chi connectivity index (χ0v) is 16.4. The summed E-state index contributed by atoms with van der Waals surface area (Å²) in [5.41, 5.74) is 0. The van der Waals surface area contributed by atoms with Gasteiger partial charge < -0.3 is 9.47 Å². The molecule has 0 aliphatic heterocycles. The molecule has 0 spiro atoms. The lowest BCUT2D eigenvalue weighted by atomic mass is 10.1. The fraction of sp³-hybridized carbons (Fsp3) is 0.857. The molecule has 142 valence electrons. The first-order chi connectivity index (χ1) is 11.7. The number of carbonyl (C=O) groups excluding carboxylic acids is 1. The summed E-state index contributed by atoms with van der Waals surface area (Å²) in [6.45, 7) is 7.19. The van der Waals surface area contributed by atoms with E-state index < -0.39 is 6.16 Å². The zero-order chi connectivity index (χ0) is 17.9. The van der Waals surface area contributed by atoms with Crippen molar-refractivity contribution in [2.75, 3.05) is 13.2 Å². The maximum Gasteiger partial charge on any atom is 0.508 e. The van der Waals surface area contributed by atoms with E-state index in [0.29, 0.717) is 19.1 Å². The maximum atomic E-state index is 11.2. The summed E-state index contributed by atoms with van der Waals surface area (Å²) in [6.07, 6.45) is 19.3. The van der Waals surface area contributed by atoms with Gasteiger partial charge in [-0.1, -0.05) is 77.9 Å². The van der Waals surface area contributed by atoms with Gasteiger partial charge in [0.1, 0.15) is 0 Å². The van der Waals surface area contributed by atoms with Gasteiger partial charge in [0.25, 0.3) is 0 Å². The highest BCUT2D eigenvalue weighted by molar-refractivity contribution is 5.59. The molecule has 0 radical (unpaired) electrons. The molecule has 3 heteroatoms. The summed E-state index contributed by atoms with van der Waals surface area (Å²) in [5, 5.41) is 0. The van der Waals surface area contributed by atoms with Crippen LogP contribution < -0.4 is 0 Å². The van der Waals surface area contributed by atoms with Crippen LogP contribution >= 0.6 is 0 Å². The van der Waals surface area contributed by atoms with Crippen LogP contribution in [0.3, 0.4) is 0 Å². The average Bonchev–Trinajstić information content (AvgIpc) is 2.56. The lowest BCUT2D eigenvalue weighted by molar-refractivity contribution is 0.0465. The van der Waals surface area contributed by atoms with Gasteiger partial charge in [-0.2, -0.15) is 0 Å². The molecule has 3 nitrogen and oxygen atoms in total. The molecule has 0 aliphatic carbocycles. The van der Waals surface area contributed by atoms with Crippen molar-refractivity contribution in [2.45, 2.75) is 97.8 Å². The van der Waals surface area contributed by atoms with E-state index in [1.165, 1.54) is 64.2 Å². The van der Waals surface area contributed by atoms with Gasteiger partial charge in [0.15, 0.2) is 0 Å². The van der Waals surface area contributed by atoms with Crippen LogP contribution in [0.4, 0.5) is 4.79 Å². The Hall–Kier alpha value is -0.990. The van der Waals surface area contributed by atoms with Crippen LogP contribution in [0.5, 0.6) is 0 Å². The van der Waals surface area contributed by atoms with Crippen LogP contribution in [0.25, 0.3) is 0 Å². The van der Waals surface area contributed by atoms with Gasteiger partial charge in [0.2, 0.25) is 0 Å². The third kappa shape index (κ3) is 19.1. The Kier molecular flexibility index (Phi) is 17.6. The summed E-state index contributed by atoms with van der Waals surface area (Å²) in [7, 11) is 0. The van der Waals surface area contributed by atoms with Gasteiger partial charge in [-0.15, -0.1) is 0 Å². The van der Waals surface area contributed by atoms with Crippen LogP contribution in [-0.2, 0) is 9.47 Å². The smallest absolute Gasteiger partial charge is 0.434 e. The topological polar surface area (TPSA) is 35.5 Å². The summed E-state index contributed by atoms with van der Waals surface area (Å²) < 4.78 is 9.98. The molecule has 0 saturated heterocycles. The van der Waals surface area contributed by atoms with Crippen molar-refractivity contribution in [3.05, 3.63) is 12.2 Å². The number of hydrogen-bond acceptors (Lipinski definition) is 3. The van der Waals surface area contributed by atoms with Crippen molar-refractivity contribution in [3.8, 4) is 0 Å². The van der Waals surface area contributed by atoms with Crippen LogP contribution in [0.2, 0.25) is 0 Å². The van der Waals surface area contributed by atoms with Crippen LogP contribution in [0.15, 0.2) is 12.2 Å². The highest BCUT2D eigenvalue weighted by Gasteiger charge is 2.04. The Morgan fingerprint density at radius 3 is 1.92 bits per heavy atom. The molecule has 0 bridgehead atoms. The molecular formula is C21H40O3. The minimum absolute atomic E-state index is 0.353. The van der Waals surface area contributed by atoms with Crippen LogP contribution in [-0.4, -0.2) is 19.4 Å². The number of carbonyl (C=O) groups is 1. The van der Waals surface area contributed by atoms with E-state index in [0.717, 1.165) is 12.8 Å².